The summed E-state index contributed by atoms with van der Waals surface area (Å²) in [7, 11) is 0. The van der Waals surface area contributed by atoms with Crippen LogP contribution in [0.2, 0.25) is 0 Å². The quantitative estimate of drug-likeness (QED) is 0.640. The summed E-state index contributed by atoms with van der Waals surface area (Å²) in [5.74, 6) is 0.526. The van der Waals surface area contributed by atoms with E-state index >= 15 is 0 Å². The Balaban J connectivity index is 2.69. The lowest BCUT2D eigenvalue weighted by atomic mass is 10.2. The summed E-state index contributed by atoms with van der Waals surface area (Å²) in [4.78, 5) is 16.1. The minimum absolute atomic E-state index is 0.103. The number of rotatable bonds is 6. The summed E-state index contributed by atoms with van der Waals surface area (Å²) in [6.45, 7) is 8.30. The Morgan fingerprint density at radius 3 is 2.74 bits per heavy atom. The van der Waals surface area contributed by atoms with Crippen LogP contribution in [0.4, 0.5) is 5.69 Å². The van der Waals surface area contributed by atoms with Gasteiger partial charge in [0.15, 0.2) is 0 Å². The zero-order valence-corrected chi connectivity index (χ0v) is 13.5. The number of carbonyl (C=O) groups is 1. The van der Waals surface area contributed by atoms with Crippen LogP contribution in [0.1, 0.15) is 39.2 Å². The van der Waals surface area contributed by atoms with E-state index in [-0.39, 0.29) is 5.91 Å². The van der Waals surface area contributed by atoms with Gasteiger partial charge in [-0.15, -0.1) is 0 Å². The van der Waals surface area contributed by atoms with Gasteiger partial charge in [0.2, 0.25) is 11.8 Å². The molecule has 0 atom stereocenters. The summed E-state index contributed by atoms with van der Waals surface area (Å²) in [6, 6.07) is 1.87. The van der Waals surface area contributed by atoms with Gasteiger partial charge in [-0.1, -0.05) is 29.3 Å². The molecule has 106 valence electrons. The van der Waals surface area contributed by atoms with E-state index in [1.807, 2.05) is 13.0 Å². The molecule has 0 aliphatic rings. The molecule has 1 N–H and O–H groups in total. The molecular formula is C14H21BrN2O2. The lowest BCUT2D eigenvalue weighted by Gasteiger charge is -2.16. The zero-order chi connectivity index (χ0) is 14.5. The molecule has 4 nitrogen and oxygen atoms in total. The van der Waals surface area contributed by atoms with Gasteiger partial charge in [-0.25, -0.2) is 4.98 Å². The van der Waals surface area contributed by atoms with Crippen LogP contribution in [0, 0.1) is 6.92 Å². The standard InChI is InChI=1S/C14H21BrN2O2/c1-5-6-7-19-12-10(2)8-11(9-16-12)17-13(18)14(3,4)15/h8-9H,5-7H2,1-4H3,(H,17,18). The van der Waals surface area contributed by atoms with E-state index in [4.69, 9.17) is 4.74 Å². The summed E-state index contributed by atoms with van der Waals surface area (Å²) in [5, 5.41) is 2.81. The van der Waals surface area contributed by atoms with Crippen molar-refractivity contribution in [3.8, 4) is 5.88 Å². The van der Waals surface area contributed by atoms with Crippen LogP contribution in [-0.4, -0.2) is 21.8 Å². The number of pyridine rings is 1. The highest BCUT2D eigenvalue weighted by molar-refractivity contribution is 9.10. The fourth-order valence-corrected chi connectivity index (χ4v) is 1.47. The number of unbranched alkanes of at least 4 members (excludes halogenated alkanes) is 1. The SMILES string of the molecule is CCCCOc1ncc(NC(=O)C(C)(C)Br)cc1C. The Kier molecular flexibility index (Phi) is 5.79. The lowest BCUT2D eigenvalue weighted by Crippen LogP contribution is -2.31. The Labute approximate surface area is 123 Å². The van der Waals surface area contributed by atoms with Gasteiger partial charge in [0.1, 0.15) is 0 Å². The maximum absolute atomic E-state index is 11.8. The molecule has 0 spiro atoms. The van der Waals surface area contributed by atoms with Crippen molar-refractivity contribution < 1.29 is 9.53 Å². The van der Waals surface area contributed by atoms with Crippen molar-refractivity contribution in [1.29, 1.82) is 0 Å². The van der Waals surface area contributed by atoms with Crippen LogP contribution >= 0.6 is 15.9 Å². The summed E-state index contributed by atoms with van der Waals surface area (Å²) in [5.41, 5.74) is 1.60. The molecule has 1 aromatic heterocycles. The second-order valence-electron chi connectivity index (χ2n) is 4.97. The van der Waals surface area contributed by atoms with Gasteiger partial charge in [-0.2, -0.15) is 0 Å². The maximum atomic E-state index is 11.8. The van der Waals surface area contributed by atoms with Gasteiger partial charge in [0, 0.05) is 5.56 Å². The number of amides is 1. The van der Waals surface area contributed by atoms with Gasteiger partial charge in [-0.3, -0.25) is 4.79 Å². The van der Waals surface area contributed by atoms with Crippen molar-refractivity contribution in [2.45, 2.75) is 44.9 Å². The van der Waals surface area contributed by atoms with Crippen molar-refractivity contribution in [3.63, 3.8) is 0 Å². The predicted molar refractivity (Wildman–Crippen MR) is 81.0 cm³/mol. The number of anilines is 1. The van der Waals surface area contributed by atoms with E-state index < -0.39 is 4.32 Å². The fraction of sp³-hybridized carbons (Fsp3) is 0.571. The Morgan fingerprint density at radius 1 is 1.53 bits per heavy atom. The molecule has 1 aromatic rings. The lowest BCUT2D eigenvalue weighted by molar-refractivity contribution is -0.117. The first-order valence-electron chi connectivity index (χ1n) is 6.44. The molecule has 1 rings (SSSR count). The molecule has 0 radical (unpaired) electrons. The average Bonchev–Trinajstić information content (AvgIpc) is 2.31. The molecule has 19 heavy (non-hydrogen) atoms. The van der Waals surface area contributed by atoms with Crippen molar-refractivity contribution >= 4 is 27.5 Å². The van der Waals surface area contributed by atoms with Gasteiger partial charge in [0.05, 0.1) is 22.8 Å². The monoisotopic (exact) mass is 328 g/mol. The molecule has 1 heterocycles. The van der Waals surface area contributed by atoms with Crippen LogP contribution in [0.15, 0.2) is 12.3 Å². The van der Waals surface area contributed by atoms with E-state index in [9.17, 15) is 4.79 Å². The Hall–Kier alpha value is -1.10. The molecule has 5 heteroatoms. The first-order valence-corrected chi connectivity index (χ1v) is 7.23. The third kappa shape index (κ3) is 5.19. The molecule has 0 bridgehead atoms. The Morgan fingerprint density at radius 2 is 2.21 bits per heavy atom. The summed E-state index contributed by atoms with van der Waals surface area (Å²) < 4.78 is 4.97. The normalized spacial score (nSPS) is 11.2. The van der Waals surface area contributed by atoms with Crippen molar-refractivity contribution in [3.05, 3.63) is 17.8 Å². The highest BCUT2D eigenvalue weighted by Crippen LogP contribution is 2.22. The Bertz CT molecular complexity index is 442. The number of hydrogen-bond acceptors (Lipinski definition) is 3. The second-order valence-corrected chi connectivity index (χ2v) is 6.96. The number of ether oxygens (including phenoxy) is 1. The van der Waals surface area contributed by atoms with E-state index in [1.54, 1.807) is 20.0 Å². The van der Waals surface area contributed by atoms with E-state index in [2.05, 4.69) is 33.2 Å². The molecule has 0 fully saturated rings. The number of carbonyl (C=O) groups excluding carboxylic acids is 1. The molecule has 1 amide bonds. The third-order valence-corrected chi connectivity index (χ3v) is 2.92. The van der Waals surface area contributed by atoms with Crippen molar-refractivity contribution in [1.82, 2.24) is 4.98 Å². The minimum Gasteiger partial charge on any atom is -0.477 e. The summed E-state index contributed by atoms with van der Waals surface area (Å²) >= 11 is 3.32. The van der Waals surface area contributed by atoms with Crippen LogP contribution in [-0.2, 0) is 4.79 Å². The van der Waals surface area contributed by atoms with Gasteiger partial charge in [-0.05, 0) is 33.3 Å². The number of nitrogens with zero attached hydrogens (tertiary/aromatic N) is 1. The largest absolute Gasteiger partial charge is 0.477 e. The van der Waals surface area contributed by atoms with Gasteiger partial charge < -0.3 is 10.1 Å². The van der Waals surface area contributed by atoms with Gasteiger partial charge in [0.25, 0.3) is 0 Å². The van der Waals surface area contributed by atoms with Crippen LogP contribution in [0.3, 0.4) is 0 Å². The number of hydrogen-bond donors (Lipinski definition) is 1. The molecule has 0 aliphatic heterocycles. The van der Waals surface area contributed by atoms with E-state index in [1.165, 1.54) is 0 Å². The predicted octanol–water partition coefficient (Wildman–Crippen LogP) is 3.68. The van der Waals surface area contributed by atoms with Gasteiger partial charge >= 0.3 is 0 Å². The highest BCUT2D eigenvalue weighted by atomic mass is 79.9. The number of halogens is 1. The number of nitrogens with one attached hydrogen (secondary N) is 1. The molecule has 0 saturated carbocycles. The molecule has 0 saturated heterocycles. The second kappa shape index (κ2) is 6.89. The number of aromatic nitrogens is 1. The van der Waals surface area contributed by atoms with E-state index in [0.717, 1.165) is 18.4 Å². The maximum Gasteiger partial charge on any atom is 0.240 e. The smallest absolute Gasteiger partial charge is 0.240 e. The molecule has 0 unspecified atom stereocenters. The van der Waals surface area contributed by atoms with Crippen molar-refractivity contribution in [2.24, 2.45) is 0 Å². The summed E-state index contributed by atoms with van der Waals surface area (Å²) in [6.07, 6.45) is 3.72. The van der Waals surface area contributed by atoms with Crippen LogP contribution in [0.5, 0.6) is 5.88 Å². The molecule has 0 aromatic carbocycles. The topological polar surface area (TPSA) is 51.2 Å². The number of alkyl halides is 1. The number of aryl methyl sites for hydroxylation is 1. The van der Waals surface area contributed by atoms with Crippen molar-refractivity contribution in [2.75, 3.05) is 11.9 Å². The molecule has 0 aliphatic carbocycles. The first-order chi connectivity index (χ1) is 8.84. The first kappa shape index (κ1) is 16.0. The zero-order valence-electron chi connectivity index (χ0n) is 11.9. The minimum atomic E-state index is -0.600. The van der Waals surface area contributed by atoms with Crippen LogP contribution < -0.4 is 10.1 Å². The third-order valence-electron chi connectivity index (χ3n) is 2.56. The highest BCUT2D eigenvalue weighted by Gasteiger charge is 2.23. The van der Waals surface area contributed by atoms with E-state index in [0.29, 0.717) is 18.2 Å². The van der Waals surface area contributed by atoms with Crippen LogP contribution in [0.25, 0.3) is 0 Å². The fourth-order valence-electron chi connectivity index (χ4n) is 1.37. The molecular weight excluding hydrogens is 308 g/mol. The average molecular weight is 329 g/mol.